The SMILES string of the molecule is COC(=O)c1cccc2c1C(=O)C(=O)N2Cc1ccccc1. The Hall–Kier alpha value is -2.95. The van der Waals surface area contributed by atoms with Crippen molar-refractivity contribution in [3.63, 3.8) is 0 Å². The van der Waals surface area contributed by atoms with Gasteiger partial charge in [-0.3, -0.25) is 9.59 Å². The van der Waals surface area contributed by atoms with Gasteiger partial charge in [-0.15, -0.1) is 0 Å². The van der Waals surface area contributed by atoms with E-state index in [0.717, 1.165) is 5.56 Å². The molecule has 1 aliphatic heterocycles. The molecule has 2 aromatic carbocycles. The number of hydrogen-bond acceptors (Lipinski definition) is 4. The average Bonchev–Trinajstić information content (AvgIpc) is 2.80. The zero-order valence-electron chi connectivity index (χ0n) is 11.9. The molecule has 22 heavy (non-hydrogen) atoms. The molecule has 0 fully saturated rings. The van der Waals surface area contributed by atoms with Crippen LogP contribution in [-0.4, -0.2) is 24.8 Å². The summed E-state index contributed by atoms with van der Waals surface area (Å²) in [6.07, 6.45) is 0. The fourth-order valence-electron chi connectivity index (χ4n) is 2.55. The van der Waals surface area contributed by atoms with Gasteiger partial charge in [0.2, 0.25) is 0 Å². The van der Waals surface area contributed by atoms with Crippen molar-refractivity contribution < 1.29 is 19.1 Å². The highest BCUT2D eigenvalue weighted by Crippen LogP contribution is 2.33. The second-order valence-corrected chi connectivity index (χ2v) is 4.90. The minimum Gasteiger partial charge on any atom is -0.465 e. The summed E-state index contributed by atoms with van der Waals surface area (Å²) < 4.78 is 4.68. The van der Waals surface area contributed by atoms with Crippen LogP contribution in [0, 0.1) is 0 Å². The van der Waals surface area contributed by atoms with Gasteiger partial charge in [-0.25, -0.2) is 4.79 Å². The van der Waals surface area contributed by atoms with E-state index in [1.54, 1.807) is 12.1 Å². The first-order valence-electron chi connectivity index (χ1n) is 6.75. The normalized spacial score (nSPS) is 13.2. The Bertz CT molecular complexity index is 767. The monoisotopic (exact) mass is 295 g/mol. The van der Waals surface area contributed by atoms with Gasteiger partial charge in [0, 0.05) is 0 Å². The topological polar surface area (TPSA) is 63.7 Å². The predicted octanol–water partition coefficient (Wildman–Crippen LogP) is 2.20. The number of ether oxygens (including phenoxy) is 1. The van der Waals surface area contributed by atoms with E-state index in [9.17, 15) is 14.4 Å². The smallest absolute Gasteiger partial charge is 0.338 e. The van der Waals surface area contributed by atoms with Crippen molar-refractivity contribution >= 4 is 23.3 Å². The Kier molecular flexibility index (Phi) is 3.47. The molecule has 110 valence electrons. The summed E-state index contributed by atoms with van der Waals surface area (Å²) in [5, 5.41) is 0. The molecule has 5 nitrogen and oxygen atoms in total. The molecular weight excluding hydrogens is 282 g/mol. The summed E-state index contributed by atoms with van der Waals surface area (Å²) in [5.74, 6) is -1.93. The van der Waals surface area contributed by atoms with Gasteiger partial charge in [-0.2, -0.15) is 0 Å². The van der Waals surface area contributed by atoms with E-state index in [1.165, 1.54) is 18.1 Å². The van der Waals surface area contributed by atoms with E-state index >= 15 is 0 Å². The van der Waals surface area contributed by atoms with E-state index < -0.39 is 17.7 Å². The van der Waals surface area contributed by atoms with E-state index in [4.69, 9.17) is 0 Å². The third-order valence-corrected chi connectivity index (χ3v) is 3.59. The number of carbonyl (C=O) groups excluding carboxylic acids is 3. The number of hydrogen-bond donors (Lipinski definition) is 0. The molecule has 0 N–H and O–H groups in total. The quantitative estimate of drug-likeness (QED) is 0.643. The Morgan fingerprint density at radius 1 is 1.05 bits per heavy atom. The Morgan fingerprint density at radius 2 is 1.77 bits per heavy atom. The zero-order chi connectivity index (χ0) is 15.7. The molecule has 1 aliphatic rings. The van der Waals surface area contributed by atoms with Crippen LogP contribution in [0.15, 0.2) is 48.5 Å². The van der Waals surface area contributed by atoms with Gasteiger partial charge in [0.15, 0.2) is 0 Å². The van der Waals surface area contributed by atoms with Crippen LogP contribution in [0.25, 0.3) is 0 Å². The van der Waals surface area contributed by atoms with Crippen molar-refractivity contribution in [3.05, 3.63) is 65.2 Å². The van der Waals surface area contributed by atoms with Crippen LogP contribution >= 0.6 is 0 Å². The lowest BCUT2D eigenvalue weighted by Gasteiger charge is -2.16. The van der Waals surface area contributed by atoms with Crippen LogP contribution < -0.4 is 4.90 Å². The summed E-state index contributed by atoms with van der Waals surface area (Å²) in [5.41, 5.74) is 1.59. The molecule has 1 amide bonds. The minimum absolute atomic E-state index is 0.119. The van der Waals surface area contributed by atoms with E-state index in [-0.39, 0.29) is 17.7 Å². The van der Waals surface area contributed by atoms with Crippen molar-refractivity contribution in [2.24, 2.45) is 0 Å². The first kappa shape index (κ1) is 14.0. The van der Waals surface area contributed by atoms with Crippen LogP contribution in [0.3, 0.4) is 0 Å². The van der Waals surface area contributed by atoms with Crippen LogP contribution in [-0.2, 0) is 16.1 Å². The zero-order valence-corrected chi connectivity index (χ0v) is 11.9. The highest BCUT2D eigenvalue weighted by Gasteiger charge is 2.39. The number of anilines is 1. The maximum Gasteiger partial charge on any atom is 0.338 e. The number of ketones is 1. The van der Waals surface area contributed by atoms with Crippen molar-refractivity contribution in [1.82, 2.24) is 0 Å². The van der Waals surface area contributed by atoms with Crippen LogP contribution in [0.2, 0.25) is 0 Å². The first-order valence-corrected chi connectivity index (χ1v) is 6.75. The number of benzene rings is 2. The van der Waals surface area contributed by atoms with Gasteiger partial charge < -0.3 is 9.64 Å². The summed E-state index contributed by atoms with van der Waals surface area (Å²) >= 11 is 0. The van der Waals surface area contributed by atoms with Crippen LogP contribution in [0.5, 0.6) is 0 Å². The molecule has 0 radical (unpaired) electrons. The van der Waals surface area contributed by atoms with Gasteiger partial charge in [0.25, 0.3) is 11.7 Å². The molecule has 0 atom stereocenters. The lowest BCUT2D eigenvalue weighted by atomic mass is 10.0. The lowest BCUT2D eigenvalue weighted by Crippen LogP contribution is -2.29. The molecule has 0 spiro atoms. The molecule has 0 unspecified atom stereocenters. The van der Waals surface area contributed by atoms with Gasteiger partial charge in [-0.05, 0) is 17.7 Å². The number of methoxy groups -OCH3 is 1. The van der Waals surface area contributed by atoms with Crippen molar-refractivity contribution in [3.8, 4) is 0 Å². The largest absolute Gasteiger partial charge is 0.465 e. The molecule has 0 saturated carbocycles. The highest BCUT2D eigenvalue weighted by atomic mass is 16.5. The summed E-state index contributed by atoms with van der Waals surface area (Å²) in [4.78, 5) is 37.7. The summed E-state index contributed by atoms with van der Waals surface area (Å²) in [7, 11) is 1.24. The highest BCUT2D eigenvalue weighted by molar-refractivity contribution is 6.53. The minimum atomic E-state index is -0.674. The number of nitrogens with zero attached hydrogens (tertiary/aromatic N) is 1. The van der Waals surface area contributed by atoms with E-state index in [2.05, 4.69) is 4.74 Å². The van der Waals surface area contributed by atoms with E-state index in [0.29, 0.717) is 5.69 Å². The van der Waals surface area contributed by atoms with E-state index in [1.807, 2.05) is 30.3 Å². The number of rotatable bonds is 3. The number of Topliss-reactive ketones (excluding diaryl/α,β-unsaturated/α-hetero) is 1. The summed E-state index contributed by atoms with van der Waals surface area (Å²) in [6, 6.07) is 14.1. The third kappa shape index (κ3) is 2.16. The maximum atomic E-state index is 12.3. The second kappa shape index (κ2) is 5.44. The number of fused-ring (bicyclic) bond motifs is 1. The third-order valence-electron chi connectivity index (χ3n) is 3.59. The van der Waals surface area contributed by atoms with Crippen LogP contribution in [0.1, 0.15) is 26.3 Å². The van der Waals surface area contributed by atoms with Gasteiger partial charge in [0.05, 0.1) is 30.5 Å². The predicted molar refractivity (Wildman–Crippen MR) is 79.7 cm³/mol. The van der Waals surface area contributed by atoms with Gasteiger partial charge >= 0.3 is 5.97 Å². The molecule has 0 bridgehead atoms. The Morgan fingerprint density at radius 3 is 2.45 bits per heavy atom. The molecular formula is C17H13NO4. The fraction of sp³-hybridized carbons (Fsp3) is 0.118. The molecule has 2 aromatic rings. The Balaban J connectivity index is 2.05. The van der Waals surface area contributed by atoms with Gasteiger partial charge in [-0.1, -0.05) is 36.4 Å². The molecule has 0 aliphatic carbocycles. The van der Waals surface area contributed by atoms with Gasteiger partial charge in [0.1, 0.15) is 0 Å². The standard InChI is InChI=1S/C17H13NO4/c1-22-17(21)12-8-5-9-13-14(12)15(19)16(20)18(13)10-11-6-3-2-4-7-11/h2-9H,10H2,1H3. The lowest BCUT2D eigenvalue weighted by molar-refractivity contribution is -0.114. The second-order valence-electron chi connectivity index (χ2n) is 4.90. The molecule has 0 aromatic heterocycles. The van der Waals surface area contributed by atoms with Crippen molar-refractivity contribution in [2.75, 3.05) is 12.0 Å². The molecule has 0 saturated heterocycles. The molecule has 5 heteroatoms. The maximum absolute atomic E-state index is 12.3. The first-order chi connectivity index (χ1) is 10.6. The molecule has 1 heterocycles. The number of esters is 1. The Labute approximate surface area is 127 Å². The van der Waals surface area contributed by atoms with Crippen molar-refractivity contribution in [2.45, 2.75) is 6.54 Å². The number of amides is 1. The molecule has 3 rings (SSSR count). The number of carbonyl (C=O) groups is 3. The fourth-order valence-corrected chi connectivity index (χ4v) is 2.55. The summed E-state index contributed by atoms with van der Waals surface area (Å²) in [6.45, 7) is 0.281. The van der Waals surface area contributed by atoms with Crippen molar-refractivity contribution in [1.29, 1.82) is 0 Å². The average molecular weight is 295 g/mol. The van der Waals surface area contributed by atoms with Crippen LogP contribution in [0.4, 0.5) is 5.69 Å².